The normalized spacial score (nSPS) is 28.9. The first-order chi connectivity index (χ1) is 27.1. The lowest BCUT2D eigenvalue weighted by Crippen LogP contribution is -2.66. The van der Waals surface area contributed by atoms with Gasteiger partial charge in [-0.15, -0.1) is 0 Å². The molecule has 2 aliphatic carbocycles. The highest BCUT2D eigenvalue weighted by Gasteiger charge is 2.63. The van der Waals surface area contributed by atoms with Crippen LogP contribution in [-0.4, -0.2) is 105 Å². The number of benzene rings is 1. The third-order valence-electron chi connectivity index (χ3n) is 12.7. The van der Waals surface area contributed by atoms with Crippen molar-refractivity contribution in [2.24, 2.45) is 17.8 Å². The lowest BCUT2D eigenvalue weighted by Gasteiger charge is -2.47. The van der Waals surface area contributed by atoms with Crippen LogP contribution < -0.4 is 19.5 Å². The molecular formula is C41H55F2N5O9S. The van der Waals surface area contributed by atoms with Gasteiger partial charge in [0.05, 0.1) is 24.1 Å². The van der Waals surface area contributed by atoms with Gasteiger partial charge in [-0.2, -0.15) is 0 Å². The van der Waals surface area contributed by atoms with E-state index < -0.39 is 85.6 Å². The molecule has 3 heterocycles. The van der Waals surface area contributed by atoms with Gasteiger partial charge in [0.2, 0.25) is 27.7 Å². The molecule has 4 amide bonds. The Labute approximate surface area is 338 Å². The van der Waals surface area contributed by atoms with Crippen molar-refractivity contribution in [3.8, 4) is 11.6 Å². The number of carbonyl (C=O) groups is 4. The van der Waals surface area contributed by atoms with Crippen LogP contribution in [0.2, 0.25) is 0 Å². The molecule has 0 unspecified atom stereocenters. The van der Waals surface area contributed by atoms with Crippen LogP contribution in [0.15, 0.2) is 42.6 Å². The summed E-state index contributed by atoms with van der Waals surface area (Å²) in [6.45, 7) is 9.82. The molecule has 17 heteroatoms. The van der Waals surface area contributed by atoms with Crippen molar-refractivity contribution in [3.63, 3.8) is 0 Å². The van der Waals surface area contributed by atoms with Gasteiger partial charge in [-0.1, -0.05) is 44.2 Å². The number of allylic oxidation sites excluding steroid dienone is 1. The molecule has 2 aliphatic heterocycles. The molecule has 3 fully saturated rings. The highest BCUT2D eigenvalue weighted by atomic mass is 32.2. The SMILES string of the molecule is CCOc1cnc(O[C@@H]2C[C@H]3C(=O)N[C@]4(C(=O)NS(=O)(=O)C5(C)CC5)C[C@H]4C=CCC[C@@H](C)C[C@@H](C)[C@H](N(C(=O)O)C(C)(C)C(C)(F)F)C(=O)N3C2)c2ccccc12. The van der Waals surface area contributed by atoms with E-state index in [-0.39, 0.29) is 31.2 Å². The van der Waals surface area contributed by atoms with Crippen LogP contribution in [0, 0.1) is 17.8 Å². The standard InChI is InChI=1S/C41H55F2N5O9S/c1-8-56-31-22-44-34(29-16-12-11-15-28(29)31)57-27-20-30-33(49)45-41(36(51)46-58(54,55)39(6)17-18-39)21-26(41)14-10-9-13-24(2)19-25(3)32(35(50)47(30)23-27)48(37(52)53)38(4,5)40(7,42)43/h10-12,14-16,22,24-27,30,32H,8-9,13,17-21,23H2,1-7H3,(H,45,49)(H,46,51)(H,52,53)/t24-,25-,26-,27-,30+,32+,41-/m1/s1. The number of sulfonamides is 1. The van der Waals surface area contributed by atoms with Crippen molar-refractivity contribution in [2.75, 3.05) is 13.2 Å². The molecule has 58 heavy (non-hydrogen) atoms. The first-order valence-corrected chi connectivity index (χ1v) is 21.5. The monoisotopic (exact) mass is 831 g/mol. The van der Waals surface area contributed by atoms with Crippen LogP contribution in [0.3, 0.4) is 0 Å². The predicted octanol–water partition coefficient (Wildman–Crippen LogP) is 5.65. The van der Waals surface area contributed by atoms with E-state index in [1.165, 1.54) is 6.20 Å². The Hall–Kier alpha value is -4.54. The number of alkyl halides is 2. The van der Waals surface area contributed by atoms with E-state index in [1.807, 2.05) is 32.1 Å². The van der Waals surface area contributed by atoms with Crippen molar-refractivity contribution in [1.29, 1.82) is 0 Å². The van der Waals surface area contributed by atoms with Gasteiger partial charge in [0.15, 0.2) is 0 Å². The van der Waals surface area contributed by atoms with Gasteiger partial charge in [0.25, 0.3) is 11.8 Å². The number of ether oxygens (including phenoxy) is 2. The summed E-state index contributed by atoms with van der Waals surface area (Å²) in [5.74, 6) is -6.91. The number of fused-ring (bicyclic) bond motifs is 3. The quantitative estimate of drug-likeness (QED) is 0.253. The molecule has 0 radical (unpaired) electrons. The van der Waals surface area contributed by atoms with Gasteiger partial charge in [0.1, 0.15) is 35.0 Å². The van der Waals surface area contributed by atoms with E-state index in [1.54, 1.807) is 32.1 Å². The highest BCUT2D eigenvalue weighted by molar-refractivity contribution is 7.91. The molecule has 2 saturated carbocycles. The summed E-state index contributed by atoms with van der Waals surface area (Å²) in [4.78, 5) is 63.0. The van der Waals surface area contributed by atoms with Crippen LogP contribution in [0.4, 0.5) is 13.6 Å². The molecule has 2 aromatic rings. The zero-order valence-electron chi connectivity index (χ0n) is 34.1. The number of hydrogen-bond donors (Lipinski definition) is 3. The summed E-state index contributed by atoms with van der Waals surface area (Å²) in [5, 5.41) is 14.7. The minimum absolute atomic E-state index is 0.0950. The van der Waals surface area contributed by atoms with E-state index in [0.29, 0.717) is 67.1 Å². The van der Waals surface area contributed by atoms with Crippen LogP contribution in [-0.2, 0) is 24.4 Å². The van der Waals surface area contributed by atoms with Crippen LogP contribution in [0.1, 0.15) is 93.4 Å². The molecule has 1 aromatic carbocycles. The van der Waals surface area contributed by atoms with Gasteiger partial charge in [-0.05, 0) is 84.1 Å². The van der Waals surface area contributed by atoms with Gasteiger partial charge in [-0.25, -0.2) is 27.0 Å². The Balaban J connectivity index is 1.42. The van der Waals surface area contributed by atoms with E-state index in [0.717, 1.165) is 18.7 Å². The van der Waals surface area contributed by atoms with Crippen molar-refractivity contribution in [1.82, 2.24) is 24.8 Å². The Bertz CT molecular complexity index is 2090. The summed E-state index contributed by atoms with van der Waals surface area (Å²) in [7, 11) is -4.09. The maximum Gasteiger partial charge on any atom is 0.408 e. The van der Waals surface area contributed by atoms with Gasteiger partial charge < -0.3 is 24.8 Å². The number of aromatic nitrogens is 1. The number of carbonyl (C=O) groups excluding carboxylic acids is 3. The Morgan fingerprint density at radius 1 is 1.12 bits per heavy atom. The lowest BCUT2D eigenvalue weighted by atomic mass is 9.84. The minimum atomic E-state index is -4.09. The van der Waals surface area contributed by atoms with E-state index in [4.69, 9.17) is 9.47 Å². The van der Waals surface area contributed by atoms with E-state index in [2.05, 4.69) is 15.0 Å². The summed E-state index contributed by atoms with van der Waals surface area (Å²) in [6.07, 6.45) is 4.61. The molecule has 1 aromatic heterocycles. The van der Waals surface area contributed by atoms with Crippen molar-refractivity contribution in [3.05, 3.63) is 42.6 Å². The van der Waals surface area contributed by atoms with E-state index >= 15 is 13.6 Å². The fourth-order valence-corrected chi connectivity index (χ4v) is 9.63. The van der Waals surface area contributed by atoms with Crippen LogP contribution in [0.25, 0.3) is 10.8 Å². The van der Waals surface area contributed by atoms with Crippen molar-refractivity contribution in [2.45, 2.75) is 133 Å². The first kappa shape index (κ1) is 43.0. The van der Waals surface area contributed by atoms with Crippen LogP contribution in [0.5, 0.6) is 11.6 Å². The number of carboxylic acid groups (broad SMARTS) is 1. The molecule has 7 atom stereocenters. The number of amides is 4. The van der Waals surface area contributed by atoms with Crippen molar-refractivity contribution >= 4 is 44.6 Å². The third-order valence-corrected chi connectivity index (χ3v) is 14.8. The Kier molecular flexibility index (Phi) is 11.6. The zero-order valence-corrected chi connectivity index (χ0v) is 34.9. The van der Waals surface area contributed by atoms with E-state index in [9.17, 15) is 27.9 Å². The molecule has 0 spiro atoms. The molecule has 4 aliphatic rings. The Morgan fingerprint density at radius 2 is 1.79 bits per heavy atom. The number of nitrogens with one attached hydrogen (secondary N) is 2. The molecule has 3 N–H and O–H groups in total. The maximum absolute atomic E-state index is 15.4. The molecule has 1 saturated heterocycles. The second-order valence-corrected chi connectivity index (χ2v) is 19.6. The molecule has 0 bridgehead atoms. The molecule has 14 nitrogen and oxygen atoms in total. The minimum Gasteiger partial charge on any atom is -0.492 e. The largest absolute Gasteiger partial charge is 0.492 e. The fourth-order valence-electron chi connectivity index (χ4n) is 8.32. The fraction of sp³-hybridized carbons (Fsp3) is 0.634. The smallest absolute Gasteiger partial charge is 0.408 e. The van der Waals surface area contributed by atoms with Crippen LogP contribution >= 0.6 is 0 Å². The van der Waals surface area contributed by atoms with Gasteiger partial charge >= 0.3 is 6.09 Å². The average Bonchev–Trinajstić information content (AvgIpc) is 4.02. The first-order valence-electron chi connectivity index (χ1n) is 20.0. The van der Waals surface area contributed by atoms with Gasteiger partial charge in [-0.3, -0.25) is 24.0 Å². The molecular weight excluding hydrogens is 777 g/mol. The number of rotatable bonds is 10. The molecule has 6 rings (SSSR count). The number of pyridine rings is 1. The third kappa shape index (κ3) is 8.07. The zero-order chi connectivity index (χ0) is 42.6. The van der Waals surface area contributed by atoms with Gasteiger partial charge in [0, 0.05) is 30.0 Å². The summed E-state index contributed by atoms with van der Waals surface area (Å²) < 4.78 is 70.5. The highest BCUT2D eigenvalue weighted by Crippen LogP contribution is 2.48. The number of hydrogen-bond acceptors (Lipinski definition) is 9. The molecule has 318 valence electrons. The topological polar surface area (TPSA) is 185 Å². The average molecular weight is 832 g/mol. The second kappa shape index (κ2) is 15.6. The maximum atomic E-state index is 15.4. The Morgan fingerprint density at radius 3 is 2.41 bits per heavy atom. The number of halogens is 2. The summed E-state index contributed by atoms with van der Waals surface area (Å²) in [6, 6.07) is 4.19. The number of nitrogens with zero attached hydrogens (tertiary/aromatic N) is 3. The summed E-state index contributed by atoms with van der Waals surface area (Å²) in [5.41, 5.74) is -4.03. The predicted molar refractivity (Wildman–Crippen MR) is 211 cm³/mol. The lowest BCUT2D eigenvalue weighted by molar-refractivity contribution is -0.156. The van der Waals surface area contributed by atoms with Crippen molar-refractivity contribution < 1.29 is 51.0 Å². The summed E-state index contributed by atoms with van der Waals surface area (Å²) >= 11 is 0. The second-order valence-electron chi connectivity index (χ2n) is 17.4.